The molecule has 3 rings (SSSR count). The topological polar surface area (TPSA) is 130 Å². The highest BCUT2D eigenvalue weighted by Gasteiger charge is 2.25. The predicted molar refractivity (Wildman–Crippen MR) is 119 cm³/mol. The zero-order valence-electron chi connectivity index (χ0n) is 17.4. The fraction of sp³-hybridized carbons (Fsp3) is 0.200. The maximum atomic E-state index is 13.0. The molecule has 1 aromatic heterocycles. The van der Waals surface area contributed by atoms with E-state index in [0.29, 0.717) is 16.8 Å². The molecule has 0 bridgehead atoms. The van der Waals surface area contributed by atoms with Gasteiger partial charge in [-0.25, -0.2) is 8.42 Å². The summed E-state index contributed by atoms with van der Waals surface area (Å²) in [6.45, 7) is 3.99. The highest BCUT2D eigenvalue weighted by molar-refractivity contribution is 7.90. The first-order chi connectivity index (χ1) is 15.1. The maximum absolute atomic E-state index is 13.0. The average Bonchev–Trinajstić information content (AvgIpc) is 3.08. The highest BCUT2D eigenvalue weighted by Crippen LogP contribution is 2.34. The zero-order valence-corrected chi connectivity index (χ0v) is 19.0. The molecule has 0 unspecified atom stereocenters. The van der Waals surface area contributed by atoms with E-state index in [4.69, 9.17) is 9.47 Å². The van der Waals surface area contributed by atoms with Gasteiger partial charge >= 0.3 is 0 Å². The van der Waals surface area contributed by atoms with Crippen LogP contribution >= 0.6 is 11.3 Å². The fourth-order valence-corrected chi connectivity index (χ4v) is 4.81. The van der Waals surface area contributed by atoms with Crippen LogP contribution in [0.2, 0.25) is 0 Å². The van der Waals surface area contributed by atoms with Gasteiger partial charge < -0.3 is 14.0 Å². The number of hydrogen-bond donors (Lipinski definition) is 0. The van der Waals surface area contributed by atoms with Crippen LogP contribution in [-0.4, -0.2) is 44.3 Å². The van der Waals surface area contributed by atoms with Crippen LogP contribution in [0.1, 0.15) is 10.4 Å². The molecule has 0 saturated carbocycles. The molecular formula is C20H19N3O7S2. The number of carbonyl (C=O) groups is 1. The molecule has 3 aromatic rings. The molecule has 0 atom stereocenters. The second-order valence-electron chi connectivity index (χ2n) is 6.58. The predicted octanol–water partition coefficient (Wildman–Crippen LogP) is 2.96. The number of methoxy groups -OCH3 is 2. The summed E-state index contributed by atoms with van der Waals surface area (Å²) in [5, 5.41) is 11.5. The summed E-state index contributed by atoms with van der Waals surface area (Å²) in [5.74, 6) is -0.609. The largest absolute Gasteiger partial charge is 0.493 e. The standard InChI is InChI=1S/C20H19N3O7S2/c1-5-8-22-14-7-6-12(32(4,27)28)9-18(14)31-20(22)21-19(24)13-10-16(29-2)17(30-3)11-15(13)23(25)26/h5-7,9-11H,1,8H2,2-4H3. The normalized spacial score (nSPS) is 12.0. The van der Waals surface area contributed by atoms with Gasteiger partial charge in [-0.3, -0.25) is 14.9 Å². The molecule has 0 aliphatic rings. The number of allylic oxidation sites excluding steroid dienone is 1. The third-order valence-corrected chi connectivity index (χ3v) is 6.67. The third kappa shape index (κ3) is 4.41. The molecule has 12 heteroatoms. The first-order valence-electron chi connectivity index (χ1n) is 9.04. The van der Waals surface area contributed by atoms with Gasteiger partial charge in [0.15, 0.2) is 26.1 Å². The summed E-state index contributed by atoms with van der Waals surface area (Å²) in [7, 11) is -0.754. The number of rotatable bonds is 7. The number of nitro groups is 1. The fourth-order valence-electron chi connectivity index (χ4n) is 3.01. The van der Waals surface area contributed by atoms with Gasteiger partial charge in [-0.05, 0) is 18.2 Å². The highest BCUT2D eigenvalue weighted by atomic mass is 32.2. The van der Waals surface area contributed by atoms with E-state index in [9.17, 15) is 23.3 Å². The quantitative estimate of drug-likeness (QED) is 0.290. The van der Waals surface area contributed by atoms with Gasteiger partial charge in [0.25, 0.3) is 11.6 Å². The van der Waals surface area contributed by atoms with E-state index in [0.717, 1.165) is 23.7 Å². The summed E-state index contributed by atoms with van der Waals surface area (Å²) < 4.78 is 36.3. The number of benzene rings is 2. The minimum atomic E-state index is -3.43. The van der Waals surface area contributed by atoms with Gasteiger partial charge in [0.05, 0.1) is 40.3 Å². The maximum Gasteiger partial charge on any atom is 0.286 e. The van der Waals surface area contributed by atoms with Crippen molar-refractivity contribution in [3.05, 3.63) is 63.5 Å². The number of thiazole rings is 1. The number of sulfone groups is 1. The van der Waals surface area contributed by atoms with Crippen LogP contribution < -0.4 is 14.3 Å². The molecule has 32 heavy (non-hydrogen) atoms. The number of nitro benzene ring substituents is 1. The number of hydrogen-bond acceptors (Lipinski definition) is 8. The summed E-state index contributed by atoms with van der Waals surface area (Å²) in [6.07, 6.45) is 2.70. The number of carbonyl (C=O) groups excluding carboxylic acids is 1. The van der Waals surface area contributed by atoms with Crippen molar-refractivity contribution in [1.29, 1.82) is 0 Å². The van der Waals surface area contributed by atoms with Crippen molar-refractivity contribution in [2.75, 3.05) is 20.5 Å². The van der Waals surface area contributed by atoms with Crippen molar-refractivity contribution < 1.29 is 27.6 Å². The lowest BCUT2D eigenvalue weighted by Gasteiger charge is -2.08. The van der Waals surface area contributed by atoms with E-state index in [2.05, 4.69) is 11.6 Å². The van der Waals surface area contributed by atoms with Crippen molar-refractivity contribution in [3.63, 3.8) is 0 Å². The van der Waals surface area contributed by atoms with E-state index >= 15 is 0 Å². The Balaban J connectivity index is 2.24. The van der Waals surface area contributed by atoms with Crippen LogP contribution in [0, 0.1) is 10.1 Å². The Bertz CT molecular complexity index is 1420. The Morgan fingerprint density at radius 1 is 1.25 bits per heavy atom. The summed E-state index contributed by atoms with van der Waals surface area (Å²) >= 11 is 1.09. The van der Waals surface area contributed by atoms with Crippen LogP contribution in [0.15, 0.2) is 52.9 Å². The number of aromatic nitrogens is 1. The second kappa shape index (κ2) is 8.93. The van der Waals surface area contributed by atoms with Crippen molar-refractivity contribution in [3.8, 4) is 11.5 Å². The number of amides is 1. The molecule has 2 aromatic carbocycles. The van der Waals surface area contributed by atoms with E-state index in [1.807, 2.05) is 0 Å². The minimum Gasteiger partial charge on any atom is -0.493 e. The van der Waals surface area contributed by atoms with Crippen molar-refractivity contribution >= 4 is 43.0 Å². The molecule has 0 N–H and O–H groups in total. The molecule has 1 heterocycles. The van der Waals surface area contributed by atoms with Gasteiger partial charge in [-0.15, -0.1) is 6.58 Å². The molecular weight excluding hydrogens is 458 g/mol. The Labute approximate surface area is 187 Å². The Morgan fingerprint density at radius 2 is 1.91 bits per heavy atom. The molecule has 0 aliphatic heterocycles. The molecule has 0 fully saturated rings. The van der Waals surface area contributed by atoms with Crippen LogP contribution in [0.5, 0.6) is 11.5 Å². The number of ether oxygens (including phenoxy) is 2. The van der Waals surface area contributed by atoms with Crippen molar-refractivity contribution in [2.45, 2.75) is 11.4 Å². The summed E-state index contributed by atoms with van der Waals surface area (Å²) in [6, 6.07) is 6.89. The van der Waals surface area contributed by atoms with E-state index in [1.54, 1.807) is 16.7 Å². The molecule has 0 spiro atoms. The average molecular weight is 478 g/mol. The molecule has 0 radical (unpaired) electrons. The first kappa shape index (κ1) is 23.2. The minimum absolute atomic E-state index is 0.104. The van der Waals surface area contributed by atoms with Crippen LogP contribution in [0.25, 0.3) is 10.2 Å². The first-order valence-corrected chi connectivity index (χ1v) is 11.7. The van der Waals surface area contributed by atoms with Gasteiger partial charge in [-0.1, -0.05) is 17.4 Å². The molecule has 0 saturated heterocycles. The lowest BCUT2D eigenvalue weighted by atomic mass is 10.1. The SMILES string of the molecule is C=CCn1c(=NC(=O)c2cc(OC)c(OC)cc2[N+](=O)[O-])sc2cc(S(C)(=O)=O)ccc21. The number of fused-ring (bicyclic) bond motifs is 1. The van der Waals surface area contributed by atoms with Crippen LogP contribution in [0.4, 0.5) is 5.69 Å². The Morgan fingerprint density at radius 3 is 2.47 bits per heavy atom. The van der Waals surface area contributed by atoms with Gasteiger partial charge in [0, 0.05) is 18.9 Å². The van der Waals surface area contributed by atoms with Crippen LogP contribution in [0.3, 0.4) is 0 Å². The summed E-state index contributed by atoms with van der Waals surface area (Å²) in [5.41, 5.74) is -0.102. The lowest BCUT2D eigenvalue weighted by Crippen LogP contribution is -2.16. The van der Waals surface area contributed by atoms with E-state index in [1.165, 1.54) is 32.4 Å². The Kier molecular flexibility index (Phi) is 6.46. The smallest absolute Gasteiger partial charge is 0.286 e. The lowest BCUT2D eigenvalue weighted by molar-refractivity contribution is -0.385. The van der Waals surface area contributed by atoms with Crippen molar-refractivity contribution in [2.24, 2.45) is 4.99 Å². The van der Waals surface area contributed by atoms with E-state index in [-0.39, 0.29) is 26.8 Å². The van der Waals surface area contributed by atoms with Crippen molar-refractivity contribution in [1.82, 2.24) is 4.57 Å². The molecule has 10 nitrogen and oxygen atoms in total. The monoisotopic (exact) mass is 477 g/mol. The number of nitrogens with zero attached hydrogens (tertiary/aromatic N) is 3. The molecule has 168 valence electrons. The summed E-state index contributed by atoms with van der Waals surface area (Å²) in [4.78, 5) is 28.3. The zero-order chi connectivity index (χ0) is 23.6. The van der Waals surface area contributed by atoms with Gasteiger partial charge in [0.2, 0.25) is 0 Å². The molecule has 1 amide bonds. The Hall–Kier alpha value is -3.51. The van der Waals surface area contributed by atoms with Crippen LogP contribution in [-0.2, 0) is 16.4 Å². The van der Waals surface area contributed by atoms with E-state index < -0.39 is 26.4 Å². The second-order valence-corrected chi connectivity index (χ2v) is 9.61. The van der Waals surface area contributed by atoms with Gasteiger partial charge in [0.1, 0.15) is 5.56 Å². The molecule has 0 aliphatic carbocycles. The van der Waals surface area contributed by atoms with Gasteiger partial charge in [-0.2, -0.15) is 4.99 Å². The third-order valence-electron chi connectivity index (χ3n) is 4.52.